The van der Waals surface area contributed by atoms with Crippen LogP contribution in [0.4, 0.5) is 10.5 Å². The number of urea groups is 1. The fourth-order valence-electron chi connectivity index (χ4n) is 1.96. The molecule has 0 aliphatic rings. The molecule has 5 nitrogen and oxygen atoms in total. The third kappa shape index (κ3) is 5.03. The highest BCUT2D eigenvalue weighted by atomic mass is 16.2. The summed E-state index contributed by atoms with van der Waals surface area (Å²) >= 11 is 0. The molecule has 0 aliphatic heterocycles. The van der Waals surface area contributed by atoms with Crippen LogP contribution in [0.2, 0.25) is 0 Å². The van der Waals surface area contributed by atoms with Gasteiger partial charge in [-0.25, -0.2) is 4.79 Å². The van der Waals surface area contributed by atoms with Gasteiger partial charge >= 0.3 is 6.03 Å². The van der Waals surface area contributed by atoms with E-state index in [0.717, 1.165) is 5.56 Å². The Morgan fingerprint density at radius 2 is 1.55 bits per heavy atom. The van der Waals surface area contributed by atoms with Gasteiger partial charge in [-0.3, -0.25) is 10.1 Å². The van der Waals surface area contributed by atoms with Crippen LogP contribution in [0.3, 0.4) is 0 Å². The number of amides is 3. The van der Waals surface area contributed by atoms with Crippen LogP contribution in [0, 0.1) is 0 Å². The van der Waals surface area contributed by atoms with Crippen molar-refractivity contribution in [2.45, 2.75) is 13.0 Å². The third-order valence-electron chi connectivity index (χ3n) is 3.15. The fraction of sp³-hybridized carbons (Fsp3) is 0.176. The minimum Gasteiger partial charge on any atom is -0.308 e. The lowest BCUT2D eigenvalue weighted by molar-refractivity contribution is -0.119. The standard InChI is InChI=1S/C17H19N3O2/c1-13(14-8-4-2-5-9-14)18-12-16(21)20-17(22)19-15-10-6-3-7-11-15/h2-11,13,18H,12H2,1H3,(H2,19,20,21,22)/t13-/m1/s1. The fourth-order valence-corrected chi connectivity index (χ4v) is 1.96. The maximum atomic E-state index is 11.7. The second kappa shape index (κ2) is 7.95. The molecule has 3 N–H and O–H groups in total. The Morgan fingerprint density at radius 3 is 2.18 bits per heavy atom. The zero-order valence-corrected chi connectivity index (χ0v) is 12.4. The normalized spacial score (nSPS) is 11.5. The van der Waals surface area contributed by atoms with Crippen LogP contribution in [-0.2, 0) is 4.79 Å². The molecule has 0 saturated heterocycles. The molecule has 2 aromatic rings. The molecule has 114 valence electrons. The lowest BCUT2D eigenvalue weighted by Gasteiger charge is -2.14. The highest BCUT2D eigenvalue weighted by Crippen LogP contribution is 2.10. The zero-order valence-electron chi connectivity index (χ0n) is 12.4. The van der Waals surface area contributed by atoms with Gasteiger partial charge in [0.15, 0.2) is 0 Å². The Labute approximate surface area is 129 Å². The van der Waals surface area contributed by atoms with Crippen molar-refractivity contribution in [3.8, 4) is 0 Å². The van der Waals surface area contributed by atoms with E-state index in [-0.39, 0.29) is 18.5 Å². The van der Waals surface area contributed by atoms with Crippen molar-refractivity contribution in [1.29, 1.82) is 0 Å². The number of nitrogens with one attached hydrogen (secondary N) is 3. The molecule has 2 rings (SSSR count). The maximum absolute atomic E-state index is 11.7. The smallest absolute Gasteiger partial charge is 0.308 e. The lowest BCUT2D eigenvalue weighted by Crippen LogP contribution is -2.40. The Hall–Kier alpha value is -2.66. The SMILES string of the molecule is C[C@@H](NCC(=O)NC(=O)Nc1ccccc1)c1ccccc1. The number of benzene rings is 2. The van der Waals surface area contributed by atoms with Crippen molar-refractivity contribution >= 4 is 17.6 Å². The molecule has 0 spiro atoms. The summed E-state index contributed by atoms with van der Waals surface area (Å²) in [5.74, 6) is -0.379. The first-order valence-electron chi connectivity index (χ1n) is 7.09. The van der Waals surface area contributed by atoms with Crippen LogP contribution in [0.15, 0.2) is 60.7 Å². The topological polar surface area (TPSA) is 70.2 Å². The van der Waals surface area contributed by atoms with E-state index in [2.05, 4.69) is 16.0 Å². The average Bonchev–Trinajstić information content (AvgIpc) is 2.54. The van der Waals surface area contributed by atoms with Crippen molar-refractivity contribution in [2.75, 3.05) is 11.9 Å². The third-order valence-corrected chi connectivity index (χ3v) is 3.15. The van der Waals surface area contributed by atoms with Crippen molar-refractivity contribution in [1.82, 2.24) is 10.6 Å². The van der Waals surface area contributed by atoms with E-state index in [9.17, 15) is 9.59 Å². The molecular weight excluding hydrogens is 278 g/mol. The molecule has 0 saturated carbocycles. The molecule has 22 heavy (non-hydrogen) atoms. The van der Waals surface area contributed by atoms with E-state index < -0.39 is 6.03 Å². The Morgan fingerprint density at radius 1 is 0.955 bits per heavy atom. The van der Waals surface area contributed by atoms with Crippen LogP contribution in [0.5, 0.6) is 0 Å². The van der Waals surface area contributed by atoms with E-state index >= 15 is 0 Å². The predicted molar refractivity (Wildman–Crippen MR) is 86.5 cm³/mol. The molecule has 0 radical (unpaired) electrons. The number of hydrogen-bond acceptors (Lipinski definition) is 3. The first-order valence-corrected chi connectivity index (χ1v) is 7.09. The number of hydrogen-bond donors (Lipinski definition) is 3. The van der Waals surface area contributed by atoms with Gasteiger partial charge < -0.3 is 10.6 Å². The highest BCUT2D eigenvalue weighted by molar-refractivity contribution is 6.01. The van der Waals surface area contributed by atoms with Crippen molar-refractivity contribution in [3.05, 3.63) is 66.2 Å². The summed E-state index contributed by atoms with van der Waals surface area (Å²) in [4.78, 5) is 23.4. The Kier molecular flexibility index (Phi) is 5.68. The first-order chi connectivity index (χ1) is 10.6. The molecule has 0 aliphatic carbocycles. The molecule has 3 amide bonds. The van der Waals surface area contributed by atoms with E-state index in [0.29, 0.717) is 5.69 Å². The summed E-state index contributed by atoms with van der Waals surface area (Å²) in [6.45, 7) is 2.03. The van der Waals surface area contributed by atoms with Crippen molar-refractivity contribution in [2.24, 2.45) is 0 Å². The molecule has 0 fully saturated rings. The second-order valence-corrected chi connectivity index (χ2v) is 4.88. The van der Waals surface area contributed by atoms with Gasteiger partial charge in [0, 0.05) is 11.7 Å². The Bertz CT molecular complexity index is 614. The average molecular weight is 297 g/mol. The molecule has 0 bridgehead atoms. The summed E-state index contributed by atoms with van der Waals surface area (Å²) in [5.41, 5.74) is 1.72. The predicted octanol–water partition coefficient (Wildman–Crippen LogP) is 2.69. The number of para-hydroxylation sites is 1. The van der Waals surface area contributed by atoms with Gasteiger partial charge in [0.1, 0.15) is 0 Å². The first kappa shape index (κ1) is 15.7. The number of carbonyl (C=O) groups is 2. The Balaban J connectivity index is 1.75. The summed E-state index contributed by atoms with van der Waals surface area (Å²) in [6.07, 6.45) is 0. The van der Waals surface area contributed by atoms with Gasteiger partial charge in [0.05, 0.1) is 6.54 Å². The molecule has 5 heteroatoms. The number of imide groups is 1. The monoisotopic (exact) mass is 297 g/mol. The summed E-state index contributed by atoms with van der Waals surface area (Å²) in [7, 11) is 0. The number of anilines is 1. The minimum absolute atomic E-state index is 0.0316. The van der Waals surface area contributed by atoms with Gasteiger partial charge in [-0.15, -0.1) is 0 Å². The van der Waals surface area contributed by atoms with Crippen molar-refractivity contribution < 1.29 is 9.59 Å². The summed E-state index contributed by atoms with van der Waals surface area (Å²) in [5, 5.41) is 7.95. The molecule has 0 heterocycles. The van der Waals surface area contributed by atoms with E-state index in [1.165, 1.54) is 0 Å². The van der Waals surface area contributed by atoms with E-state index in [4.69, 9.17) is 0 Å². The van der Waals surface area contributed by atoms with E-state index in [1.807, 2.05) is 43.3 Å². The van der Waals surface area contributed by atoms with Gasteiger partial charge in [-0.05, 0) is 24.6 Å². The maximum Gasteiger partial charge on any atom is 0.325 e. The molecule has 1 atom stereocenters. The van der Waals surface area contributed by atoms with Crippen molar-refractivity contribution in [3.63, 3.8) is 0 Å². The number of carbonyl (C=O) groups excluding carboxylic acids is 2. The summed E-state index contributed by atoms with van der Waals surface area (Å²) in [6, 6.07) is 18.3. The van der Waals surface area contributed by atoms with Crippen LogP contribution in [0.25, 0.3) is 0 Å². The van der Waals surface area contributed by atoms with Crippen LogP contribution in [0.1, 0.15) is 18.5 Å². The van der Waals surface area contributed by atoms with Crippen LogP contribution < -0.4 is 16.0 Å². The summed E-state index contributed by atoms with van der Waals surface area (Å²) < 4.78 is 0. The van der Waals surface area contributed by atoms with Crippen LogP contribution in [-0.4, -0.2) is 18.5 Å². The molecule has 0 unspecified atom stereocenters. The van der Waals surface area contributed by atoms with Crippen LogP contribution >= 0.6 is 0 Å². The van der Waals surface area contributed by atoms with Gasteiger partial charge in [0.25, 0.3) is 0 Å². The van der Waals surface area contributed by atoms with Gasteiger partial charge in [-0.2, -0.15) is 0 Å². The quantitative estimate of drug-likeness (QED) is 0.794. The molecule has 2 aromatic carbocycles. The molecular formula is C17H19N3O2. The van der Waals surface area contributed by atoms with E-state index in [1.54, 1.807) is 24.3 Å². The molecule has 0 aromatic heterocycles. The van der Waals surface area contributed by atoms with Gasteiger partial charge in [-0.1, -0.05) is 48.5 Å². The number of rotatable bonds is 5. The highest BCUT2D eigenvalue weighted by Gasteiger charge is 2.10. The lowest BCUT2D eigenvalue weighted by atomic mass is 10.1. The van der Waals surface area contributed by atoms with Gasteiger partial charge in [0.2, 0.25) is 5.91 Å². The largest absolute Gasteiger partial charge is 0.325 e. The zero-order chi connectivity index (χ0) is 15.8. The second-order valence-electron chi connectivity index (χ2n) is 4.88. The minimum atomic E-state index is -0.537.